The van der Waals surface area contributed by atoms with Crippen LogP contribution in [0.5, 0.6) is 11.5 Å². The number of fused-ring (bicyclic) bond motifs is 1. The number of methoxy groups -OCH3 is 2. The largest absolute Gasteiger partial charge is 0.493 e. The quantitative estimate of drug-likeness (QED) is 0.657. The maximum absolute atomic E-state index is 13.3. The number of nitrogens with one attached hydrogen (secondary N) is 2. The highest BCUT2D eigenvalue weighted by Gasteiger charge is 2.30. The summed E-state index contributed by atoms with van der Waals surface area (Å²) >= 11 is 5.48. The minimum Gasteiger partial charge on any atom is -0.493 e. The maximum atomic E-state index is 13.3. The van der Waals surface area contributed by atoms with Crippen LogP contribution in [-0.2, 0) is 13.0 Å². The molecule has 4 rings (SSSR count). The first-order valence-electron chi connectivity index (χ1n) is 10.3. The Balaban J connectivity index is 1.58. The van der Waals surface area contributed by atoms with Crippen LogP contribution in [0, 0.1) is 5.82 Å². The molecule has 30 heavy (non-hydrogen) atoms. The first-order chi connectivity index (χ1) is 14.6. The number of hydrogen-bond acceptors (Lipinski definition) is 4. The normalized spacial score (nSPS) is 18.4. The number of nitrogens with zero attached hydrogens (tertiary/aromatic N) is 1. The van der Waals surface area contributed by atoms with E-state index in [1.165, 1.54) is 36.1 Å². The lowest BCUT2D eigenvalue weighted by Gasteiger charge is -2.38. The molecule has 5 nitrogen and oxygen atoms in total. The molecule has 160 valence electrons. The van der Waals surface area contributed by atoms with Crippen molar-refractivity contribution in [1.82, 2.24) is 15.5 Å². The molecule has 1 unspecified atom stereocenters. The minimum absolute atomic E-state index is 0.109. The highest BCUT2D eigenvalue weighted by molar-refractivity contribution is 7.80. The van der Waals surface area contributed by atoms with E-state index in [0.29, 0.717) is 17.7 Å². The van der Waals surface area contributed by atoms with Crippen LogP contribution in [0.25, 0.3) is 0 Å². The molecule has 1 aliphatic heterocycles. The van der Waals surface area contributed by atoms with Crippen LogP contribution >= 0.6 is 12.2 Å². The fourth-order valence-corrected chi connectivity index (χ4v) is 4.24. The Morgan fingerprint density at radius 1 is 1.13 bits per heavy atom. The molecule has 0 amide bonds. The van der Waals surface area contributed by atoms with Crippen molar-refractivity contribution in [3.63, 3.8) is 0 Å². The summed E-state index contributed by atoms with van der Waals surface area (Å²) in [5, 5.41) is 7.45. The van der Waals surface area contributed by atoms with Crippen LogP contribution in [0.3, 0.4) is 0 Å². The lowest BCUT2D eigenvalue weighted by Crippen LogP contribution is -2.44. The second kappa shape index (κ2) is 9.18. The Morgan fingerprint density at radius 2 is 1.83 bits per heavy atom. The third kappa shape index (κ3) is 4.84. The fourth-order valence-electron chi connectivity index (χ4n) is 3.99. The van der Waals surface area contributed by atoms with Crippen LogP contribution in [0.15, 0.2) is 36.4 Å². The van der Waals surface area contributed by atoms with Crippen molar-refractivity contribution in [3.05, 3.63) is 58.9 Å². The van der Waals surface area contributed by atoms with Crippen LogP contribution in [0.4, 0.5) is 4.39 Å². The molecule has 0 spiro atoms. The molecule has 1 fully saturated rings. The molecule has 0 bridgehead atoms. The van der Waals surface area contributed by atoms with E-state index in [2.05, 4.69) is 27.7 Å². The summed E-state index contributed by atoms with van der Waals surface area (Å²) in [6, 6.07) is 11.5. The van der Waals surface area contributed by atoms with Gasteiger partial charge in [0.25, 0.3) is 0 Å². The van der Waals surface area contributed by atoms with Gasteiger partial charge in [-0.3, -0.25) is 4.90 Å². The van der Waals surface area contributed by atoms with Gasteiger partial charge < -0.3 is 20.1 Å². The van der Waals surface area contributed by atoms with Crippen LogP contribution in [0.2, 0.25) is 0 Å². The van der Waals surface area contributed by atoms with Crippen LogP contribution in [0.1, 0.15) is 35.6 Å². The molecule has 7 heteroatoms. The Morgan fingerprint density at radius 3 is 2.50 bits per heavy atom. The highest BCUT2D eigenvalue weighted by atomic mass is 32.1. The second-order valence-corrected chi connectivity index (χ2v) is 8.31. The zero-order valence-corrected chi connectivity index (χ0v) is 18.2. The topological polar surface area (TPSA) is 45.8 Å². The van der Waals surface area contributed by atoms with Gasteiger partial charge in [-0.25, -0.2) is 4.39 Å². The van der Waals surface area contributed by atoms with Gasteiger partial charge in [-0.15, -0.1) is 0 Å². The Kier molecular flexibility index (Phi) is 6.39. The Bertz CT molecular complexity index is 902. The zero-order chi connectivity index (χ0) is 21.1. The summed E-state index contributed by atoms with van der Waals surface area (Å²) < 4.78 is 24.4. The maximum Gasteiger partial charge on any atom is 0.166 e. The lowest BCUT2D eigenvalue weighted by atomic mass is 9.91. The summed E-state index contributed by atoms with van der Waals surface area (Å²) in [5.74, 6) is 1.26. The molecule has 0 radical (unpaired) electrons. The van der Waals surface area contributed by atoms with E-state index in [9.17, 15) is 4.39 Å². The van der Waals surface area contributed by atoms with Gasteiger partial charge in [0.2, 0.25) is 0 Å². The van der Waals surface area contributed by atoms with Gasteiger partial charge >= 0.3 is 0 Å². The van der Waals surface area contributed by atoms with Crippen molar-refractivity contribution < 1.29 is 13.9 Å². The van der Waals surface area contributed by atoms with Gasteiger partial charge in [-0.2, -0.15) is 0 Å². The second-order valence-electron chi connectivity index (χ2n) is 7.90. The van der Waals surface area contributed by atoms with E-state index in [1.54, 1.807) is 14.2 Å². The molecule has 0 aromatic heterocycles. The third-order valence-electron chi connectivity index (χ3n) is 5.78. The summed E-state index contributed by atoms with van der Waals surface area (Å²) in [6.07, 6.45) is 3.28. The number of hydrogen-bond donors (Lipinski definition) is 2. The van der Waals surface area contributed by atoms with E-state index in [4.69, 9.17) is 21.7 Å². The monoisotopic (exact) mass is 429 g/mol. The molecular formula is C23H28FN3O2S. The smallest absolute Gasteiger partial charge is 0.166 e. The molecule has 2 N–H and O–H groups in total. The fraction of sp³-hybridized carbons (Fsp3) is 0.435. The van der Waals surface area contributed by atoms with E-state index in [0.717, 1.165) is 36.6 Å². The number of thiocarbonyl (C=S) groups is 1. The molecule has 1 heterocycles. The molecule has 0 saturated heterocycles. The van der Waals surface area contributed by atoms with Crippen molar-refractivity contribution in [2.75, 3.05) is 27.3 Å². The third-order valence-corrected chi connectivity index (χ3v) is 6.04. The van der Waals surface area contributed by atoms with E-state index in [1.807, 2.05) is 12.1 Å². The SMILES string of the molecule is COc1cc2c(cc1OC)C(CNC(=S)NC1CC1)N(Cc1ccc(F)cc1)CC2. The first kappa shape index (κ1) is 20.9. The predicted octanol–water partition coefficient (Wildman–Crippen LogP) is 3.57. The molecule has 1 saturated carbocycles. The summed E-state index contributed by atoms with van der Waals surface area (Å²) in [5.41, 5.74) is 3.56. The minimum atomic E-state index is -0.214. The zero-order valence-electron chi connectivity index (χ0n) is 17.4. The van der Waals surface area contributed by atoms with Crippen molar-refractivity contribution >= 4 is 17.3 Å². The predicted molar refractivity (Wildman–Crippen MR) is 120 cm³/mol. The average molecular weight is 430 g/mol. The van der Waals surface area contributed by atoms with Crippen LogP contribution < -0.4 is 20.1 Å². The van der Waals surface area contributed by atoms with Gasteiger partial charge in [0, 0.05) is 25.7 Å². The first-order valence-corrected chi connectivity index (χ1v) is 10.8. The van der Waals surface area contributed by atoms with E-state index >= 15 is 0 Å². The van der Waals surface area contributed by atoms with Crippen molar-refractivity contribution in [2.45, 2.75) is 37.9 Å². The number of ether oxygens (including phenoxy) is 2. The Labute approximate surface area is 182 Å². The van der Waals surface area contributed by atoms with Crippen molar-refractivity contribution in [1.29, 1.82) is 0 Å². The van der Waals surface area contributed by atoms with Gasteiger partial charge in [0.15, 0.2) is 16.6 Å². The van der Waals surface area contributed by atoms with Gasteiger partial charge in [-0.05, 0) is 72.4 Å². The average Bonchev–Trinajstić information content (AvgIpc) is 3.57. The molecule has 2 aromatic carbocycles. The molecular weight excluding hydrogens is 401 g/mol. The molecule has 1 atom stereocenters. The van der Waals surface area contributed by atoms with Gasteiger partial charge in [0.1, 0.15) is 5.82 Å². The summed E-state index contributed by atoms with van der Waals surface area (Å²) in [7, 11) is 3.32. The summed E-state index contributed by atoms with van der Waals surface area (Å²) in [4.78, 5) is 2.41. The number of rotatable bonds is 7. The van der Waals surface area contributed by atoms with Gasteiger partial charge in [0.05, 0.1) is 20.3 Å². The van der Waals surface area contributed by atoms with E-state index in [-0.39, 0.29) is 11.9 Å². The number of halogens is 1. The molecule has 2 aliphatic rings. The van der Waals surface area contributed by atoms with Crippen molar-refractivity contribution in [2.24, 2.45) is 0 Å². The van der Waals surface area contributed by atoms with Crippen LogP contribution in [-0.4, -0.2) is 43.4 Å². The molecule has 1 aliphatic carbocycles. The Hall–Kier alpha value is -2.38. The molecule has 2 aromatic rings. The van der Waals surface area contributed by atoms with E-state index < -0.39 is 0 Å². The number of benzene rings is 2. The standard InChI is InChI=1S/C23H28FN3O2S/c1-28-21-11-16-9-10-27(14-15-3-5-17(24)6-4-15)20(19(16)12-22(21)29-2)13-25-23(30)26-18-7-8-18/h3-6,11-12,18,20H,7-10,13-14H2,1-2H3,(H2,25,26,30). The lowest BCUT2D eigenvalue weighted by molar-refractivity contribution is 0.176. The van der Waals surface area contributed by atoms with Gasteiger partial charge in [-0.1, -0.05) is 12.1 Å². The highest BCUT2D eigenvalue weighted by Crippen LogP contribution is 2.38. The summed E-state index contributed by atoms with van der Waals surface area (Å²) in [6.45, 7) is 2.32. The van der Waals surface area contributed by atoms with Crippen molar-refractivity contribution in [3.8, 4) is 11.5 Å².